The molecule has 0 saturated carbocycles. The monoisotopic (exact) mass is 569 g/mol. The molecule has 1 aromatic rings. The van der Waals surface area contributed by atoms with Gasteiger partial charge in [0.15, 0.2) is 5.75 Å². The van der Waals surface area contributed by atoms with E-state index < -0.39 is 8.25 Å². The zero-order valence-electron chi connectivity index (χ0n) is 15.1. The number of anilines is 1. The Morgan fingerprint density at radius 3 is 1.68 bits per heavy atom. The summed E-state index contributed by atoms with van der Waals surface area (Å²) in [5, 5.41) is 0. The Labute approximate surface area is 180 Å². The van der Waals surface area contributed by atoms with Crippen molar-refractivity contribution in [2.24, 2.45) is 0 Å². The molecular weight excluding hydrogens is 547 g/mol. The lowest BCUT2D eigenvalue weighted by Crippen LogP contribution is -2.39. The Hall–Kier alpha value is 0.410. The predicted octanol–water partition coefficient (Wildman–Crippen LogP) is 7.87. The van der Waals surface area contributed by atoms with Crippen molar-refractivity contribution >= 4 is 65.9 Å². The van der Waals surface area contributed by atoms with Crippen LogP contribution in [0.5, 0.6) is 5.75 Å². The lowest BCUT2D eigenvalue weighted by atomic mass is 9.85. The highest BCUT2D eigenvalue weighted by Crippen LogP contribution is 2.51. The van der Waals surface area contributed by atoms with Crippen LogP contribution >= 0.6 is 60.2 Å². The van der Waals surface area contributed by atoms with Crippen LogP contribution in [0.25, 0.3) is 0 Å². The molecule has 1 aromatic carbocycles. The second-order valence-electron chi connectivity index (χ2n) is 6.79. The number of benzene rings is 1. The third-order valence-corrected chi connectivity index (χ3v) is 5.19. The minimum Gasteiger partial charge on any atom is -0.428 e. The number of halogens is 6. The first kappa shape index (κ1) is 25.4. The van der Waals surface area contributed by atoms with Crippen molar-refractivity contribution in [1.29, 1.82) is 0 Å². The quantitative estimate of drug-likeness (QED) is 0.288. The summed E-state index contributed by atoms with van der Waals surface area (Å²) in [6.45, 7) is 11.9. The standard InChI is InChI=1S/C17H24Br3F2NO.ClH/c1-8(2)11-7-12(9(3)4)14(23)15(13(11)10(5)6)24-17(21,22)16(18,19)20;/h7-10H,23H2,1-6H3;1H. The highest BCUT2D eigenvalue weighted by atomic mass is 80.0. The second-order valence-corrected chi connectivity index (χ2v) is 13.6. The van der Waals surface area contributed by atoms with Gasteiger partial charge in [-0.15, -0.1) is 12.4 Å². The molecule has 0 unspecified atom stereocenters. The van der Waals surface area contributed by atoms with Crippen molar-refractivity contribution in [3.63, 3.8) is 0 Å². The molecule has 0 bridgehead atoms. The van der Waals surface area contributed by atoms with Gasteiger partial charge in [0.1, 0.15) is 0 Å². The van der Waals surface area contributed by atoms with Gasteiger partial charge in [0, 0.05) is 5.56 Å². The van der Waals surface area contributed by atoms with Crippen LogP contribution in [-0.4, -0.2) is 8.25 Å². The molecule has 0 aromatic heterocycles. The fourth-order valence-electron chi connectivity index (χ4n) is 2.58. The minimum absolute atomic E-state index is 0. The summed E-state index contributed by atoms with van der Waals surface area (Å²) in [4.78, 5) is 0. The van der Waals surface area contributed by atoms with Crippen LogP contribution in [-0.2, 0) is 0 Å². The molecule has 25 heavy (non-hydrogen) atoms. The molecule has 0 spiro atoms. The highest BCUT2D eigenvalue weighted by molar-refractivity contribution is 9.39. The maximum atomic E-state index is 14.5. The smallest absolute Gasteiger partial charge is 0.428 e. The Kier molecular flexibility index (Phi) is 9.22. The van der Waals surface area contributed by atoms with E-state index in [2.05, 4.69) is 47.8 Å². The lowest BCUT2D eigenvalue weighted by molar-refractivity contribution is -0.163. The molecule has 2 N–H and O–H groups in total. The first-order chi connectivity index (χ1) is 10.7. The Morgan fingerprint density at radius 1 is 0.920 bits per heavy atom. The zero-order chi connectivity index (χ0) is 19.0. The van der Waals surface area contributed by atoms with Crippen LogP contribution < -0.4 is 10.5 Å². The van der Waals surface area contributed by atoms with Gasteiger partial charge in [0.05, 0.1) is 5.69 Å². The SMILES string of the molecule is CC(C)c1cc(C(C)C)c(C(C)C)c(OC(F)(F)C(Br)(Br)Br)c1N.Cl. The summed E-state index contributed by atoms with van der Waals surface area (Å²) in [6.07, 6.45) is -3.56. The Balaban J connectivity index is 0.00000576. The highest BCUT2D eigenvalue weighted by Gasteiger charge is 2.52. The van der Waals surface area contributed by atoms with Crippen LogP contribution in [0.1, 0.15) is 76.0 Å². The van der Waals surface area contributed by atoms with E-state index in [4.69, 9.17) is 10.5 Å². The van der Waals surface area contributed by atoms with Crippen LogP contribution in [0.3, 0.4) is 0 Å². The molecule has 146 valence electrons. The van der Waals surface area contributed by atoms with Crippen molar-refractivity contribution in [1.82, 2.24) is 0 Å². The van der Waals surface area contributed by atoms with Crippen molar-refractivity contribution in [2.45, 2.75) is 67.5 Å². The van der Waals surface area contributed by atoms with Gasteiger partial charge in [-0.25, -0.2) is 0 Å². The van der Waals surface area contributed by atoms with E-state index in [0.717, 1.165) is 16.7 Å². The van der Waals surface area contributed by atoms with Gasteiger partial charge in [-0.2, -0.15) is 8.78 Å². The predicted molar refractivity (Wildman–Crippen MR) is 115 cm³/mol. The molecule has 0 aliphatic rings. The van der Waals surface area contributed by atoms with E-state index in [1.54, 1.807) is 0 Å². The van der Waals surface area contributed by atoms with Crippen LogP contribution in [0, 0.1) is 0 Å². The largest absolute Gasteiger partial charge is 0.434 e. The van der Waals surface area contributed by atoms with E-state index >= 15 is 0 Å². The molecule has 0 aliphatic heterocycles. The van der Waals surface area contributed by atoms with Gasteiger partial charge in [0.2, 0.25) is 2.14 Å². The molecule has 8 heteroatoms. The molecule has 2 nitrogen and oxygen atoms in total. The topological polar surface area (TPSA) is 35.2 Å². The third kappa shape index (κ3) is 5.69. The van der Waals surface area contributed by atoms with Crippen molar-refractivity contribution in [3.8, 4) is 5.75 Å². The number of nitrogens with two attached hydrogens (primary N) is 1. The Morgan fingerprint density at radius 2 is 1.36 bits per heavy atom. The maximum Gasteiger partial charge on any atom is 0.434 e. The summed E-state index contributed by atoms with van der Waals surface area (Å²) in [5.74, 6) is 0.319. The van der Waals surface area contributed by atoms with Crippen molar-refractivity contribution < 1.29 is 13.5 Å². The summed E-state index contributed by atoms with van der Waals surface area (Å²) in [6, 6.07) is 2.02. The third-order valence-electron chi connectivity index (χ3n) is 3.80. The van der Waals surface area contributed by atoms with Crippen LogP contribution in [0.2, 0.25) is 0 Å². The van der Waals surface area contributed by atoms with Gasteiger partial charge in [-0.1, -0.05) is 47.6 Å². The number of hydrogen-bond donors (Lipinski definition) is 1. The normalized spacial score (nSPS) is 12.7. The lowest BCUT2D eigenvalue weighted by Gasteiger charge is -2.30. The second kappa shape index (κ2) is 9.07. The van der Waals surface area contributed by atoms with E-state index in [0.29, 0.717) is 0 Å². The summed E-state index contributed by atoms with van der Waals surface area (Å²) in [7, 11) is 0. The van der Waals surface area contributed by atoms with Gasteiger partial charge in [-0.05, 0) is 76.7 Å². The number of nitrogen functional groups attached to an aromatic ring is 1. The number of alkyl halides is 5. The average Bonchev–Trinajstić information content (AvgIpc) is 2.37. The zero-order valence-corrected chi connectivity index (χ0v) is 20.7. The molecule has 1 rings (SSSR count). The van der Waals surface area contributed by atoms with Crippen molar-refractivity contribution in [3.05, 3.63) is 22.8 Å². The summed E-state index contributed by atoms with van der Waals surface area (Å²) < 4.78 is 32.3. The molecular formula is C17H25Br3ClF2NO. The average molecular weight is 573 g/mol. The molecule has 0 saturated heterocycles. The number of hydrogen-bond acceptors (Lipinski definition) is 2. The van der Waals surface area contributed by atoms with Gasteiger partial charge in [0.25, 0.3) is 0 Å². The molecule has 0 fully saturated rings. The van der Waals surface area contributed by atoms with E-state index in [9.17, 15) is 8.78 Å². The van der Waals surface area contributed by atoms with Crippen LogP contribution in [0.4, 0.5) is 14.5 Å². The van der Waals surface area contributed by atoms with Gasteiger partial charge in [-0.3, -0.25) is 0 Å². The number of rotatable bonds is 5. The van der Waals surface area contributed by atoms with E-state index in [-0.39, 0.29) is 41.6 Å². The molecule has 0 amide bonds. The summed E-state index contributed by atoms with van der Waals surface area (Å²) >= 11 is 8.57. The number of ether oxygens (including phenoxy) is 1. The van der Waals surface area contributed by atoms with Gasteiger partial charge >= 0.3 is 6.11 Å². The fourth-order valence-corrected chi connectivity index (χ4v) is 2.82. The summed E-state index contributed by atoms with van der Waals surface area (Å²) in [5.41, 5.74) is 9.04. The minimum atomic E-state index is -3.56. The fraction of sp³-hybridized carbons (Fsp3) is 0.647. The molecule has 0 heterocycles. The van der Waals surface area contributed by atoms with Crippen LogP contribution in [0.15, 0.2) is 6.07 Å². The Bertz CT molecular complexity index is 603. The molecule has 0 radical (unpaired) electrons. The molecule has 0 atom stereocenters. The first-order valence-electron chi connectivity index (χ1n) is 7.80. The van der Waals surface area contributed by atoms with E-state index in [1.807, 2.05) is 47.6 Å². The van der Waals surface area contributed by atoms with E-state index in [1.165, 1.54) is 0 Å². The van der Waals surface area contributed by atoms with Gasteiger partial charge < -0.3 is 10.5 Å². The maximum absolute atomic E-state index is 14.5. The molecule has 0 aliphatic carbocycles. The van der Waals surface area contributed by atoms with Crippen molar-refractivity contribution in [2.75, 3.05) is 5.73 Å². The first-order valence-corrected chi connectivity index (χ1v) is 10.2.